The summed E-state index contributed by atoms with van der Waals surface area (Å²) >= 11 is 0. The Morgan fingerprint density at radius 2 is 2.20 bits per heavy atom. The van der Waals surface area contributed by atoms with Crippen molar-refractivity contribution in [3.8, 4) is 0 Å². The van der Waals surface area contributed by atoms with Gasteiger partial charge in [-0.25, -0.2) is 4.98 Å². The van der Waals surface area contributed by atoms with E-state index in [0.29, 0.717) is 11.0 Å². The van der Waals surface area contributed by atoms with Crippen LogP contribution in [0.2, 0.25) is 0 Å². The van der Waals surface area contributed by atoms with Crippen molar-refractivity contribution in [2.45, 2.75) is 19.8 Å². The molecule has 0 unspecified atom stereocenters. The molecule has 1 aromatic carbocycles. The molecule has 0 aliphatic heterocycles. The van der Waals surface area contributed by atoms with Gasteiger partial charge in [0.2, 0.25) is 0 Å². The molecule has 0 aliphatic rings. The van der Waals surface area contributed by atoms with Gasteiger partial charge in [0.1, 0.15) is 5.82 Å². The Morgan fingerprint density at radius 1 is 1.47 bits per heavy atom. The second-order valence-electron chi connectivity index (χ2n) is 3.71. The van der Waals surface area contributed by atoms with Crippen LogP contribution in [0.4, 0.5) is 5.69 Å². The highest BCUT2D eigenvalue weighted by Crippen LogP contribution is 2.25. The summed E-state index contributed by atoms with van der Waals surface area (Å²) in [6, 6.07) is 4.91. The van der Waals surface area contributed by atoms with Crippen molar-refractivity contribution < 1.29 is 4.92 Å². The van der Waals surface area contributed by atoms with Gasteiger partial charge in [0.25, 0.3) is 5.69 Å². The highest BCUT2D eigenvalue weighted by molar-refractivity contribution is 5.84. The molecule has 15 heavy (non-hydrogen) atoms. The molecule has 0 saturated heterocycles. The number of H-pyrrole nitrogens is 1. The van der Waals surface area contributed by atoms with Gasteiger partial charge >= 0.3 is 0 Å². The number of benzene rings is 1. The topological polar surface area (TPSA) is 71.8 Å². The fraction of sp³-hybridized carbons (Fsp3) is 0.300. The Bertz CT molecular complexity index is 516. The molecular formula is C10H11N3O2. The second-order valence-corrected chi connectivity index (χ2v) is 3.71. The maximum Gasteiger partial charge on any atom is 0.297 e. The standard InChI is InChI=1S/C10H11N3O2/c1-6(2)10-11-7-4-3-5-8(13(14)15)9(7)12-10/h3-6H,1-2H3,(H,11,12). The summed E-state index contributed by atoms with van der Waals surface area (Å²) in [5, 5.41) is 10.7. The van der Waals surface area contributed by atoms with E-state index in [-0.39, 0.29) is 11.6 Å². The molecule has 0 atom stereocenters. The monoisotopic (exact) mass is 205 g/mol. The zero-order valence-corrected chi connectivity index (χ0v) is 8.52. The smallest absolute Gasteiger partial charge is 0.297 e. The van der Waals surface area contributed by atoms with Gasteiger partial charge in [-0.1, -0.05) is 19.9 Å². The van der Waals surface area contributed by atoms with Crippen molar-refractivity contribution in [1.82, 2.24) is 9.97 Å². The molecule has 1 aromatic heterocycles. The third-order valence-electron chi connectivity index (χ3n) is 2.25. The van der Waals surface area contributed by atoms with Gasteiger partial charge in [-0.05, 0) is 6.07 Å². The summed E-state index contributed by atoms with van der Waals surface area (Å²) in [6.45, 7) is 3.98. The minimum absolute atomic E-state index is 0.0515. The van der Waals surface area contributed by atoms with E-state index in [1.54, 1.807) is 12.1 Å². The van der Waals surface area contributed by atoms with Crippen molar-refractivity contribution in [2.75, 3.05) is 0 Å². The number of hydrogen-bond acceptors (Lipinski definition) is 3. The van der Waals surface area contributed by atoms with Crippen molar-refractivity contribution in [2.24, 2.45) is 0 Å². The normalized spacial score (nSPS) is 11.1. The minimum Gasteiger partial charge on any atom is -0.342 e. The van der Waals surface area contributed by atoms with E-state index in [4.69, 9.17) is 0 Å². The highest BCUT2D eigenvalue weighted by Gasteiger charge is 2.16. The first-order valence-corrected chi connectivity index (χ1v) is 4.72. The maximum absolute atomic E-state index is 10.7. The van der Waals surface area contributed by atoms with Crippen LogP contribution in [0.15, 0.2) is 18.2 Å². The van der Waals surface area contributed by atoms with Crippen LogP contribution >= 0.6 is 0 Å². The predicted octanol–water partition coefficient (Wildman–Crippen LogP) is 2.59. The molecule has 5 heteroatoms. The lowest BCUT2D eigenvalue weighted by molar-refractivity contribution is -0.383. The lowest BCUT2D eigenvalue weighted by atomic mass is 10.2. The van der Waals surface area contributed by atoms with Crippen LogP contribution in [0.3, 0.4) is 0 Å². The van der Waals surface area contributed by atoms with Crippen LogP contribution in [0, 0.1) is 10.1 Å². The molecule has 0 bridgehead atoms. The third kappa shape index (κ3) is 1.56. The Kier molecular flexibility index (Phi) is 2.15. The van der Waals surface area contributed by atoms with E-state index < -0.39 is 4.92 Å². The lowest BCUT2D eigenvalue weighted by Crippen LogP contribution is -1.90. The van der Waals surface area contributed by atoms with Crippen molar-refractivity contribution in [3.05, 3.63) is 34.1 Å². The molecule has 78 valence electrons. The van der Waals surface area contributed by atoms with Crippen LogP contribution in [-0.4, -0.2) is 14.9 Å². The van der Waals surface area contributed by atoms with Gasteiger partial charge in [0, 0.05) is 12.0 Å². The molecule has 0 radical (unpaired) electrons. The number of hydrogen-bond donors (Lipinski definition) is 1. The molecular weight excluding hydrogens is 194 g/mol. The fourth-order valence-electron chi connectivity index (χ4n) is 1.46. The van der Waals surface area contributed by atoms with Crippen LogP contribution in [0.1, 0.15) is 25.6 Å². The number of rotatable bonds is 2. The largest absolute Gasteiger partial charge is 0.342 e. The molecule has 1 N–H and O–H groups in total. The van der Waals surface area contributed by atoms with E-state index >= 15 is 0 Å². The van der Waals surface area contributed by atoms with Crippen molar-refractivity contribution in [1.29, 1.82) is 0 Å². The average molecular weight is 205 g/mol. The van der Waals surface area contributed by atoms with E-state index in [1.165, 1.54) is 6.07 Å². The summed E-state index contributed by atoms with van der Waals surface area (Å²) in [7, 11) is 0. The van der Waals surface area contributed by atoms with Crippen LogP contribution in [0.5, 0.6) is 0 Å². The van der Waals surface area contributed by atoms with Gasteiger partial charge in [-0.2, -0.15) is 0 Å². The van der Waals surface area contributed by atoms with Gasteiger partial charge in [0.15, 0.2) is 5.52 Å². The Hall–Kier alpha value is -1.91. The zero-order chi connectivity index (χ0) is 11.0. The average Bonchev–Trinajstić information content (AvgIpc) is 2.60. The first-order valence-electron chi connectivity index (χ1n) is 4.72. The molecule has 0 aliphatic carbocycles. The second kappa shape index (κ2) is 3.34. The van der Waals surface area contributed by atoms with Crippen molar-refractivity contribution >= 4 is 16.7 Å². The lowest BCUT2D eigenvalue weighted by Gasteiger charge is -1.95. The number of nitro benzene ring substituents is 1. The zero-order valence-electron chi connectivity index (χ0n) is 8.52. The summed E-state index contributed by atoms with van der Waals surface area (Å²) in [5.41, 5.74) is 1.20. The van der Waals surface area contributed by atoms with E-state index in [9.17, 15) is 10.1 Å². The number of non-ortho nitro benzene ring substituents is 1. The quantitative estimate of drug-likeness (QED) is 0.605. The summed E-state index contributed by atoms with van der Waals surface area (Å²) in [5.74, 6) is 1.01. The molecule has 0 saturated carbocycles. The van der Waals surface area contributed by atoms with Crippen LogP contribution in [0.25, 0.3) is 11.0 Å². The number of para-hydroxylation sites is 1. The van der Waals surface area contributed by atoms with E-state index in [2.05, 4.69) is 9.97 Å². The van der Waals surface area contributed by atoms with E-state index in [1.807, 2.05) is 13.8 Å². The van der Waals surface area contributed by atoms with Crippen LogP contribution < -0.4 is 0 Å². The third-order valence-corrected chi connectivity index (χ3v) is 2.25. The molecule has 0 amide bonds. The molecule has 1 heterocycles. The van der Waals surface area contributed by atoms with Gasteiger partial charge < -0.3 is 4.98 Å². The Morgan fingerprint density at radius 3 is 2.80 bits per heavy atom. The molecule has 5 nitrogen and oxygen atoms in total. The number of aromatic amines is 1. The number of nitrogens with zero attached hydrogens (tertiary/aromatic N) is 2. The highest BCUT2D eigenvalue weighted by atomic mass is 16.6. The minimum atomic E-state index is -0.409. The number of aromatic nitrogens is 2. The van der Waals surface area contributed by atoms with E-state index in [0.717, 1.165) is 5.82 Å². The number of nitro groups is 1. The first kappa shape index (κ1) is 9.64. The van der Waals surface area contributed by atoms with Crippen LogP contribution in [-0.2, 0) is 0 Å². The molecule has 0 spiro atoms. The van der Waals surface area contributed by atoms with Gasteiger partial charge in [-0.3, -0.25) is 10.1 Å². The number of nitrogens with one attached hydrogen (secondary N) is 1. The predicted molar refractivity (Wildman–Crippen MR) is 56.8 cm³/mol. The molecule has 2 aromatic rings. The summed E-state index contributed by atoms with van der Waals surface area (Å²) < 4.78 is 0. The molecule has 2 rings (SSSR count). The van der Waals surface area contributed by atoms with Crippen molar-refractivity contribution in [3.63, 3.8) is 0 Å². The van der Waals surface area contributed by atoms with Gasteiger partial charge in [0.05, 0.1) is 10.4 Å². The first-order chi connectivity index (χ1) is 7.09. The Labute approximate surface area is 86.3 Å². The fourth-order valence-corrected chi connectivity index (χ4v) is 1.46. The van der Waals surface area contributed by atoms with Gasteiger partial charge in [-0.15, -0.1) is 0 Å². The Balaban J connectivity index is 2.70. The number of imidazole rings is 1. The maximum atomic E-state index is 10.7. The SMILES string of the molecule is CC(C)c1nc2c([N+](=O)[O-])cccc2[nH]1. The summed E-state index contributed by atoms with van der Waals surface area (Å²) in [6.07, 6.45) is 0. The number of fused-ring (bicyclic) bond motifs is 1. The molecule has 0 fully saturated rings. The summed E-state index contributed by atoms with van der Waals surface area (Å²) in [4.78, 5) is 17.6.